The summed E-state index contributed by atoms with van der Waals surface area (Å²) in [5.74, 6) is -0.495. The monoisotopic (exact) mass is 909 g/mol. The molecule has 0 saturated carbocycles. The van der Waals surface area contributed by atoms with E-state index in [9.17, 15) is 57.9 Å². The van der Waals surface area contributed by atoms with E-state index in [2.05, 4.69) is 60.9 Å². The van der Waals surface area contributed by atoms with Gasteiger partial charge >= 0.3 is 23.5 Å². The second-order valence-electron chi connectivity index (χ2n) is 13.5. The summed E-state index contributed by atoms with van der Waals surface area (Å²) in [4.78, 5) is 85.6. The molecule has 7 atom stereocenters. The molecule has 3 rings (SSSR count). The molecule has 0 aromatic carbocycles. The number of unbranched alkanes of at least 4 members (excludes halogenated alkanes) is 2. The molecule has 2 amide bonds. The van der Waals surface area contributed by atoms with Gasteiger partial charge in [0.05, 0.1) is 19.5 Å². The smallest absolute Gasteiger partial charge is 0.386 e. The van der Waals surface area contributed by atoms with E-state index in [0.717, 1.165) is 55.7 Å². The average Bonchev–Trinajstić information content (AvgIpc) is 3.70. The summed E-state index contributed by atoms with van der Waals surface area (Å²) in [5, 5.41) is 26.1. The number of ketones is 1. The fraction of sp³-hybridized carbons (Fsp3) is 0.733. The summed E-state index contributed by atoms with van der Waals surface area (Å²) >= 11 is 3.95. The first-order valence-electron chi connectivity index (χ1n) is 18.0. The van der Waals surface area contributed by atoms with Crippen molar-refractivity contribution in [3.63, 3.8) is 0 Å². The highest BCUT2D eigenvalue weighted by molar-refractivity contribution is 7.80. The Kier molecular flexibility index (Phi) is 21.0. The molecule has 2 aromatic rings. The number of nitrogens with zero attached hydrogens (tertiary/aromatic N) is 4. The molecule has 2 aromatic heterocycles. The fourth-order valence-electron chi connectivity index (χ4n) is 5.01. The highest BCUT2D eigenvalue weighted by Gasteiger charge is 2.50. The predicted octanol–water partition coefficient (Wildman–Crippen LogP) is 1.27. The summed E-state index contributed by atoms with van der Waals surface area (Å²) in [7, 11) is -16.3. The van der Waals surface area contributed by atoms with Crippen molar-refractivity contribution in [1.29, 1.82) is 0 Å². The molecule has 2 unspecified atom stereocenters. The number of carbonyl (C=O) groups is 3. The Morgan fingerprint density at radius 3 is 2.19 bits per heavy atom. The second-order valence-corrected chi connectivity index (χ2v) is 18.2. The number of carbonyl (C=O) groups excluding carboxylic acids is 3. The minimum absolute atomic E-state index is 0.0363. The van der Waals surface area contributed by atoms with E-state index >= 15 is 0 Å². The number of Topliss-reactive ketones (excluding diaryl/α,β-unsaturated/α-hetero) is 1. The van der Waals surface area contributed by atoms with Gasteiger partial charge in [-0.15, -0.1) is 0 Å². The van der Waals surface area contributed by atoms with Gasteiger partial charge in [0.2, 0.25) is 11.8 Å². The van der Waals surface area contributed by atoms with E-state index in [1.54, 1.807) is 0 Å². The lowest BCUT2D eigenvalue weighted by atomic mass is 9.87. The van der Waals surface area contributed by atoms with Crippen LogP contribution >= 0.6 is 36.1 Å². The number of hydrogen-bond donors (Lipinski definition) is 10. The van der Waals surface area contributed by atoms with E-state index in [1.165, 1.54) is 13.8 Å². The topological polar surface area (TPSA) is 364 Å². The van der Waals surface area contributed by atoms with Crippen LogP contribution in [-0.2, 0) is 50.7 Å². The van der Waals surface area contributed by atoms with Crippen molar-refractivity contribution in [1.82, 2.24) is 30.2 Å². The second kappa shape index (κ2) is 23.5. The zero-order valence-electron chi connectivity index (χ0n) is 32.4. The Morgan fingerprint density at radius 1 is 0.983 bits per heavy atom. The maximum Gasteiger partial charge on any atom is 0.481 e. The molecule has 58 heavy (non-hydrogen) atoms. The molecule has 28 heteroatoms. The van der Waals surface area contributed by atoms with E-state index in [-0.39, 0.29) is 35.9 Å². The molecular weight excluding hydrogens is 855 g/mol. The summed E-state index contributed by atoms with van der Waals surface area (Å²) in [5.41, 5.74) is 4.30. The van der Waals surface area contributed by atoms with E-state index < -0.39 is 78.6 Å². The van der Waals surface area contributed by atoms with Gasteiger partial charge in [-0.2, -0.15) is 16.9 Å². The van der Waals surface area contributed by atoms with Gasteiger partial charge in [0, 0.05) is 43.5 Å². The van der Waals surface area contributed by atoms with Crippen molar-refractivity contribution in [2.75, 3.05) is 37.8 Å². The minimum Gasteiger partial charge on any atom is -0.386 e. The summed E-state index contributed by atoms with van der Waals surface area (Å²) in [6.07, 6.45) is -0.718. The van der Waals surface area contributed by atoms with Crippen LogP contribution in [0.1, 0.15) is 78.9 Å². The van der Waals surface area contributed by atoms with Crippen LogP contribution in [0.5, 0.6) is 0 Å². The molecule has 24 nitrogen and oxygen atoms in total. The highest BCUT2D eigenvalue weighted by Crippen LogP contribution is 2.61. The van der Waals surface area contributed by atoms with Gasteiger partial charge in [0.25, 0.3) is 0 Å². The number of amides is 2. The normalized spacial score (nSPS) is 21.0. The summed E-state index contributed by atoms with van der Waals surface area (Å²) < 4.78 is 61.7. The first-order chi connectivity index (χ1) is 27.0. The van der Waals surface area contributed by atoms with Gasteiger partial charge in [-0.05, 0) is 12.8 Å². The SMILES string of the molecule is CC(C)(COP(=O)(O)OP(=O)(O)OC[C@H]1O[C@@H](n2cnc3c(N)ncnc32)[C@H](O)[C@@H]1OP(=O)(O)O)[C@@H](O)C(=O)NCCC(=O)NCCS.CCCCC(=O)CCCC. The standard InChI is InChI=1S/C21H36N7O16P3S.C9H18O/c1-21(2,16(31)19(32)24-4-3-12(29)23-5-6-48)8-41-47(38,39)44-46(36,37)40-7-11-15(43-45(33,34)35)14(30)20(42-11)28-10-27-13-17(22)25-9-26-18(13)28;1-3-5-7-9(10)8-6-4-2/h9-11,14-16,20,30-31,48H,3-8H2,1-2H3,(H,23,29)(H,24,32)(H,36,37)(H,38,39)(H2,22,25,26)(H2,33,34,35);3-8H2,1-2H3/t11-,14-,15-,16+,20-;/m1./s1. The Bertz CT molecular complexity index is 1790. The summed E-state index contributed by atoms with van der Waals surface area (Å²) in [6, 6.07) is 0. The molecule has 3 heterocycles. The molecule has 0 radical (unpaired) electrons. The highest BCUT2D eigenvalue weighted by atomic mass is 32.1. The van der Waals surface area contributed by atoms with Crippen molar-refractivity contribution in [3.05, 3.63) is 12.7 Å². The number of aliphatic hydroxyl groups is 2. The average molecular weight is 910 g/mol. The first kappa shape index (κ1) is 51.7. The Balaban J connectivity index is 0.00000102. The van der Waals surface area contributed by atoms with Crippen molar-refractivity contribution in [3.8, 4) is 0 Å². The van der Waals surface area contributed by atoms with Crippen LogP contribution in [0.4, 0.5) is 5.82 Å². The van der Waals surface area contributed by atoms with Gasteiger partial charge in [0.1, 0.15) is 42.0 Å². The zero-order chi connectivity index (χ0) is 43.9. The lowest BCUT2D eigenvalue weighted by Crippen LogP contribution is -2.46. The van der Waals surface area contributed by atoms with Gasteiger partial charge in [-0.25, -0.2) is 28.6 Å². The van der Waals surface area contributed by atoms with E-state index in [0.29, 0.717) is 18.1 Å². The van der Waals surface area contributed by atoms with Gasteiger partial charge in [-0.1, -0.05) is 40.5 Å². The number of nitrogen functional groups attached to an aromatic ring is 1. The number of hydrogen-bond acceptors (Lipinski definition) is 18. The van der Waals surface area contributed by atoms with Crippen LogP contribution in [0.25, 0.3) is 11.2 Å². The molecule has 0 bridgehead atoms. The number of aliphatic hydroxyl groups excluding tert-OH is 2. The van der Waals surface area contributed by atoms with Gasteiger partial charge in [-0.3, -0.25) is 32.5 Å². The Morgan fingerprint density at radius 2 is 1.60 bits per heavy atom. The summed E-state index contributed by atoms with van der Waals surface area (Å²) in [6.45, 7) is 4.96. The van der Waals surface area contributed by atoms with E-state index in [4.69, 9.17) is 19.5 Å². The third-order valence-electron chi connectivity index (χ3n) is 8.13. The van der Waals surface area contributed by atoms with Crippen LogP contribution in [0.15, 0.2) is 12.7 Å². The van der Waals surface area contributed by atoms with Gasteiger partial charge in [0.15, 0.2) is 17.7 Å². The number of phosphoric ester groups is 3. The molecular formula is C30H54N7O17P3S. The molecule has 0 spiro atoms. The number of nitrogens with one attached hydrogen (secondary N) is 2. The molecule has 1 fully saturated rings. The quantitative estimate of drug-likeness (QED) is 0.0523. The molecule has 332 valence electrons. The van der Waals surface area contributed by atoms with Crippen molar-refractivity contribution in [2.24, 2.45) is 5.41 Å². The van der Waals surface area contributed by atoms with Crippen molar-refractivity contribution < 1.29 is 80.5 Å². The molecule has 0 aliphatic carbocycles. The van der Waals surface area contributed by atoms with Crippen LogP contribution in [0, 0.1) is 5.41 Å². The largest absolute Gasteiger partial charge is 0.481 e. The Labute approximate surface area is 339 Å². The molecule has 1 aliphatic rings. The lowest BCUT2D eigenvalue weighted by molar-refractivity contribution is -0.137. The number of ether oxygens (including phenoxy) is 1. The van der Waals surface area contributed by atoms with Crippen molar-refractivity contribution >= 4 is 70.7 Å². The number of rotatable bonds is 24. The maximum absolute atomic E-state index is 12.6. The van der Waals surface area contributed by atoms with Crippen LogP contribution in [0.2, 0.25) is 0 Å². The number of anilines is 1. The van der Waals surface area contributed by atoms with Crippen molar-refractivity contribution in [2.45, 2.75) is 103 Å². The van der Waals surface area contributed by atoms with Gasteiger partial charge < -0.3 is 50.9 Å². The molecule has 1 saturated heterocycles. The van der Waals surface area contributed by atoms with Crippen LogP contribution in [0.3, 0.4) is 0 Å². The zero-order valence-corrected chi connectivity index (χ0v) is 35.9. The van der Waals surface area contributed by atoms with Crippen LogP contribution < -0.4 is 16.4 Å². The molecule has 10 N–H and O–H groups in total. The minimum atomic E-state index is -5.54. The first-order valence-corrected chi connectivity index (χ1v) is 23.1. The fourth-order valence-corrected chi connectivity index (χ4v) is 7.95. The Hall–Kier alpha value is -2.44. The molecule has 1 aliphatic heterocycles. The van der Waals surface area contributed by atoms with E-state index in [1.807, 2.05) is 0 Å². The third kappa shape index (κ3) is 17.3. The number of fused-ring (bicyclic) bond motifs is 1. The number of nitrogens with two attached hydrogens (primary N) is 1. The number of phosphoric acid groups is 3. The third-order valence-corrected chi connectivity index (χ3v) is 11.5. The van der Waals surface area contributed by atoms with Crippen LogP contribution in [-0.4, -0.2) is 123 Å². The lowest BCUT2D eigenvalue weighted by Gasteiger charge is -2.30. The predicted molar refractivity (Wildman–Crippen MR) is 208 cm³/mol. The number of thiol groups is 1. The number of aromatic nitrogens is 4. The number of imidazole rings is 1. The maximum atomic E-state index is 12.6.